The highest BCUT2D eigenvalue weighted by molar-refractivity contribution is 5.77. The number of rotatable bonds is 2. The van der Waals surface area contributed by atoms with Crippen LogP contribution in [0.4, 0.5) is 0 Å². The predicted molar refractivity (Wildman–Crippen MR) is 81.1 cm³/mol. The maximum absolute atomic E-state index is 10.0. The summed E-state index contributed by atoms with van der Waals surface area (Å²) < 4.78 is 2.17. The van der Waals surface area contributed by atoms with E-state index in [1.807, 2.05) is 39.1 Å². The number of nitrogens with zero attached hydrogens (tertiary/aromatic N) is 2. The molecule has 3 rings (SSSR count). The van der Waals surface area contributed by atoms with E-state index in [1.165, 1.54) is 16.8 Å². The minimum absolute atomic E-state index is 0.784. The van der Waals surface area contributed by atoms with Gasteiger partial charge in [-0.25, -0.2) is 4.98 Å². The van der Waals surface area contributed by atoms with Gasteiger partial charge in [0.15, 0.2) is 0 Å². The molecule has 0 saturated carbocycles. The quantitative estimate of drug-likeness (QED) is 0.907. The maximum atomic E-state index is 10.0. The van der Waals surface area contributed by atoms with Gasteiger partial charge in [-0.05, 0) is 50.3 Å². The van der Waals surface area contributed by atoms with Crippen molar-refractivity contribution in [1.29, 1.82) is 0 Å². The summed E-state index contributed by atoms with van der Waals surface area (Å²) in [6.45, 7) is 5.65. The zero-order valence-electron chi connectivity index (χ0n) is 12.2. The van der Waals surface area contributed by atoms with Gasteiger partial charge < -0.3 is 9.67 Å². The van der Waals surface area contributed by atoms with E-state index in [0.717, 1.165) is 24.2 Å². The van der Waals surface area contributed by atoms with Crippen LogP contribution in [0, 0.1) is 6.92 Å². The average Bonchev–Trinajstić information content (AvgIpc) is 2.79. The third kappa shape index (κ3) is 2.29. The molecule has 2 aromatic rings. The van der Waals surface area contributed by atoms with Crippen LogP contribution in [0.2, 0.25) is 0 Å². The van der Waals surface area contributed by atoms with Crippen LogP contribution in [0.15, 0.2) is 30.5 Å². The van der Waals surface area contributed by atoms with Crippen molar-refractivity contribution in [3.63, 3.8) is 0 Å². The molecule has 0 bridgehead atoms. The SMILES string of the molecule is Cc1ncc2n1C=C(c1ccc(C(C)(C)O)cc1)CC2. The molecule has 0 radical (unpaired) electrons. The summed E-state index contributed by atoms with van der Waals surface area (Å²) in [5.41, 5.74) is 3.97. The zero-order valence-corrected chi connectivity index (χ0v) is 12.2. The second-order valence-electron chi connectivity index (χ2n) is 5.96. The van der Waals surface area contributed by atoms with Crippen molar-refractivity contribution in [3.05, 3.63) is 53.1 Å². The molecule has 0 unspecified atom stereocenters. The topological polar surface area (TPSA) is 38.0 Å². The van der Waals surface area contributed by atoms with Crippen molar-refractivity contribution in [2.24, 2.45) is 0 Å². The molecule has 1 N–H and O–H groups in total. The summed E-state index contributed by atoms with van der Waals surface area (Å²) in [5, 5.41) is 10.0. The van der Waals surface area contributed by atoms with E-state index < -0.39 is 5.60 Å². The molecule has 0 saturated heterocycles. The Morgan fingerprint density at radius 3 is 2.50 bits per heavy atom. The van der Waals surface area contributed by atoms with E-state index in [1.54, 1.807) is 0 Å². The molecular formula is C17H20N2O. The first-order valence-corrected chi connectivity index (χ1v) is 7.02. The van der Waals surface area contributed by atoms with E-state index in [4.69, 9.17) is 0 Å². The molecule has 20 heavy (non-hydrogen) atoms. The molecule has 0 aliphatic carbocycles. The standard InChI is InChI=1S/C17H20N2O/c1-12-18-10-16-9-6-14(11-19(12)16)13-4-7-15(8-5-13)17(2,3)20/h4-5,7-8,10-11,20H,6,9H2,1-3H3. The number of aliphatic hydroxyl groups is 1. The highest BCUT2D eigenvalue weighted by Gasteiger charge is 2.17. The van der Waals surface area contributed by atoms with E-state index >= 15 is 0 Å². The lowest BCUT2D eigenvalue weighted by Crippen LogP contribution is -2.15. The first-order valence-electron chi connectivity index (χ1n) is 7.02. The Morgan fingerprint density at radius 1 is 1.15 bits per heavy atom. The molecule has 0 atom stereocenters. The molecule has 3 nitrogen and oxygen atoms in total. The van der Waals surface area contributed by atoms with Gasteiger partial charge >= 0.3 is 0 Å². The molecule has 2 heterocycles. The summed E-state index contributed by atoms with van der Waals surface area (Å²) in [6, 6.07) is 8.20. The summed E-state index contributed by atoms with van der Waals surface area (Å²) >= 11 is 0. The normalized spacial score (nSPS) is 14.9. The second kappa shape index (κ2) is 4.60. The minimum Gasteiger partial charge on any atom is -0.386 e. The maximum Gasteiger partial charge on any atom is 0.109 e. The van der Waals surface area contributed by atoms with Gasteiger partial charge in [0, 0.05) is 18.1 Å². The number of aryl methyl sites for hydroxylation is 2. The Kier molecular flexibility index (Phi) is 3.02. The van der Waals surface area contributed by atoms with E-state index in [0.29, 0.717) is 0 Å². The number of benzene rings is 1. The van der Waals surface area contributed by atoms with Crippen LogP contribution in [0.1, 0.15) is 42.9 Å². The fourth-order valence-corrected chi connectivity index (χ4v) is 2.66. The first kappa shape index (κ1) is 13.1. The molecule has 1 aromatic heterocycles. The fraction of sp³-hybridized carbons (Fsp3) is 0.353. The van der Waals surface area contributed by atoms with Crippen molar-refractivity contribution < 1.29 is 5.11 Å². The van der Waals surface area contributed by atoms with Gasteiger partial charge in [-0.2, -0.15) is 0 Å². The molecule has 1 aliphatic rings. The van der Waals surface area contributed by atoms with Gasteiger partial charge in [0.2, 0.25) is 0 Å². The fourth-order valence-electron chi connectivity index (χ4n) is 2.66. The van der Waals surface area contributed by atoms with Gasteiger partial charge in [-0.15, -0.1) is 0 Å². The number of allylic oxidation sites excluding steroid dienone is 1. The number of fused-ring (bicyclic) bond motifs is 1. The van der Waals surface area contributed by atoms with Crippen LogP contribution >= 0.6 is 0 Å². The number of hydrogen-bond acceptors (Lipinski definition) is 2. The largest absolute Gasteiger partial charge is 0.386 e. The molecule has 0 fully saturated rings. The first-order chi connectivity index (χ1) is 9.45. The monoisotopic (exact) mass is 268 g/mol. The molecule has 1 aromatic carbocycles. The summed E-state index contributed by atoms with van der Waals surface area (Å²) in [4.78, 5) is 4.36. The minimum atomic E-state index is -0.784. The van der Waals surface area contributed by atoms with Gasteiger partial charge in [0.05, 0.1) is 5.60 Å². The Balaban J connectivity index is 1.95. The molecule has 0 spiro atoms. The lowest BCUT2D eigenvalue weighted by molar-refractivity contribution is 0.0786. The number of hydrogen-bond donors (Lipinski definition) is 1. The van der Waals surface area contributed by atoms with Gasteiger partial charge in [-0.1, -0.05) is 24.3 Å². The van der Waals surface area contributed by atoms with Crippen molar-refractivity contribution in [3.8, 4) is 0 Å². The van der Waals surface area contributed by atoms with E-state index in [9.17, 15) is 5.11 Å². The van der Waals surface area contributed by atoms with Crippen LogP contribution in [-0.2, 0) is 12.0 Å². The third-order valence-corrected chi connectivity index (χ3v) is 3.96. The second-order valence-corrected chi connectivity index (χ2v) is 5.96. The zero-order chi connectivity index (χ0) is 14.3. The van der Waals surface area contributed by atoms with Crippen LogP contribution in [0.25, 0.3) is 11.8 Å². The predicted octanol–water partition coefficient (Wildman–Crippen LogP) is 3.36. The Bertz CT molecular complexity index is 657. The number of aromatic nitrogens is 2. The summed E-state index contributed by atoms with van der Waals surface area (Å²) in [6.07, 6.45) is 6.20. The van der Waals surface area contributed by atoms with Gasteiger partial charge in [0.1, 0.15) is 5.82 Å². The van der Waals surface area contributed by atoms with Crippen LogP contribution < -0.4 is 0 Å². The molecule has 104 valence electrons. The van der Waals surface area contributed by atoms with Crippen molar-refractivity contribution in [2.45, 2.75) is 39.2 Å². The number of imidazole rings is 1. The van der Waals surface area contributed by atoms with E-state index in [-0.39, 0.29) is 0 Å². The molecule has 1 aliphatic heterocycles. The van der Waals surface area contributed by atoms with Crippen molar-refractivity contribution in [1.82, 2.24) is 9.55 Å². The molecule has 0 amide bonds. The van der Waals surface area contributed by atoms with Gasteiger partial charge in [-0.3, -0.25) is 0 Å². The van der Waals surface area contributed by atoms with Gasteiger partial charge in [0.25, 0.3) is 0 Å². The highest BCUT2D eigenvalue weighted by atomic mass is 16.3. The third-order valence-electron chi connectivity index (χ3n) is 3.96. The Labute approximate surface area is 119 Å². The Morgan fingerprint density at radius 2 is 1.85 bits per heavy atom. The van der Waals surface area contributed by atoms with E-state index in [2.05, 4.69) is 27.9 Å². The van der Waals surface area contributed by atoms with Crippen molar-refractivity contribution >= 4 is 11.8 Å². The van der Waals surface area contributed by atoms with Crippen LogP contribution in [0.5, 0.6) is 0 Å². The van der Waals surface area contributed by atoms with Crippen LogP contribution in [-0.4, -0.2) is 14.7 Å². The molecular weight excluding hydrogens is 248 g/mol. The van der Waals surface area contributed by atoms with Crippen LogP contribution in [0.3, 0.4) is 0 Å². The highest BCUT2D eigenvalue weighted by Crippen LogP contribution is 2.29. The average molecular weight is 268 g/mol. The van der Waals surface area contributed by atoms with Crippen molar-refractivity contribution in [2.75, 3.05) is 0 Å². The molecule has 3 heteroatoms. The lowest BCUT2D eigenvalue weighted by atomic mass is 9.93. The Hall–Kier alpha value is -1.87. The summed E-state index contributed by atoms with van der Waals surface area (Å²) in [7, 11) is 0. The lowest BCUT2D eigenvalue weighted by Gasteiger charge is -2.20. The smallest absolute Gasteiger partial charge is 0.109 e. The summed E-state index contributed by atoms with van der Waals surface area (Å²) in [5.74, 6) is 1.03.